The lowest BCUT2D eigenvalue weighted by Gasteiger charge is -2.06. The van der Waals surface area contributed by atoms with Crippen LogP contribution in [0.3, 0.4) is 0 Å². The molecule has 0 bridgehead atoms. The summed E-state index contributed by atoms with van der Waals surface area (Å²) < 4.78 is 13.1. The van der Waals surface area contributed by atoms with Gasteiger partial charge in [-0.3, -0.25) is 4.79 Å². The second-order valence-corrected chi connectivity index (χ2v) is 3.06. The van der Waals surface area contributed by atoms with Crippen LogP contribution in [-0.2, 0) is 4.79 Å². The number of halogens is 1. The maximum Gasteiger partial charge on any atom is 0.222 e. The Bertz CT molecular complexity index is 371. The van der Waals surface area contributed by atoms with Crippen LogP contribution in [0.4, 0.5) is 16.2 Å². The van der Waals surface area contributed by atoms with Crippen LogP contribution >= 0.6 is 0 Å². The van der Waals surface area contributed by atoms with E-state index in [1.807, 2.05) is 6.92 Å². The van der Waals surface area contributed by atoms with Crippen LogP contribution in [0.5, 0.6) is 0 Å². The lowest BCUT2D eigenvalue weighted by atomic mass is 10.4. The molecule has 1 rings (SSSR count). The summed E-state index contributed by atoms with van der Waals surface area (Å²) >= 11 is 0. The summed E-state index contributed by atoms with van der Waals surface area (Å²) in [4.78, 5) is 18.2. The van der Waals surface area contributed by atoms with Crippen molar-refractivity contribution in [2.75, 3.05) is 24.1 Å². The summed E-state index contributed by atoms with van der Waals surface area (Å²) in [6.45, 7) is 2.70. The zero-order valence-corrected chi connectivity index (χ0v) is 8.96. The Morgan fingerprint density at radius 2 is 2.38 bits per heavy atom. The molecule has 88 valence electrons. The van der Waals surface area contributed by atoms with Crippen molar-refractivity contribution in [3.8, 4) is 0 Å². The first-order valence-electron chi connectivity index (χ1n) is 4.92. The van der Waals surface area contributed by atoms with E-state index >= 15 is 0 Å². The number of hydrogen-bond donors (Lipinski definition) is 3. The van der Waals surface area contributed by atoms with Crippen LogP contribution < -0.4 is 16.4 Å². The molecule has 0 aliphatic rings. The minimum Gasteiger partial charge on any atom is -0.368 e. The molecule has 1 amide bonds. The Labute approximate surface area is 92.5 Å². The summed E-state index contributed by atoms with van der Waals surface area (Å²) in [5.41, 5.74) is 5.30. The highest BCUT2D eigenvalue weighted by Gasteiger charge is 2.05. The SMILES string of the molecule is CCNC(=O)CCNc1nc(N)ncc1F. The van der Waals surface area contributed by atoms with Crippen LogP contribution in [0.1, 0.15) is 13.3 Å². The molecule has 7 heteroatoms. The van der Waals surface area contributed by atoms with Crippen molar-refractivity contribution in [2.24, 2.45) is 0 Å². The van der Waals surface area contributed by atoms with Gasteiger partial charge in [-0.2, -0.15) is 4.98 Å². The number of carbonyl (C=O) groups is 1. The molecule has 0 radical (unpaired) electrons. The van der Waals surface area contributed by atoms with Gasteiger partial charge in [0.15, 0.2) is 11.6 Å². The molecule has 0 saturated carbocycles. The molecule has 6 nitrogen and oxygen atoms in total. The summed E-state index contributed by atoms with van der Waals surface area (Å²) in [5, 5.41) is 5.30. The number of amides is 1. The zero-order valence-electron chi connectivity index (χ0n) is 8.96. The van der Waals surface area contributed by atoms with Crippen LogP contribution in [0.15, 0.2) is 6.20 Å². The van der Waals surface area contributed by atoms with Crippen molar-refractivity contribution in [2.45, 2.75) is 13.3 Å². The normalized spacial score (nSPS) is 9.88. The van der Waals surface area contributed by atoms with Crippen LogP contribution in [-0.4, -0.2) is 29.0 Å². The third kappa shape index (κ3) is 3.68. The van der Waals surface area contributed by atoms with Gasteiger partial charge in [0.05, 0.1) is 6.20 Å². The van der Waals surface area contributed by atoms with E-state index in [-0.39, 0.29) is 24.1 Å². The topological polar surface area (TPSA) is 92.9 Å². The van der Waals surface area contributed by atoms with Crippen molar-refractivity contribution in [1.29, 1.82) is 0 Å². The minimum absolute atomic E-state index is 0.0109. The number of nitrogens with two attached hydrogens (primary N) is 1. The minimum atomic E-state index is -0.593. The fourth-order valence-corrected chi connectivity index (χ4v) is 1.08. The third-order valence-corrected chi connectivity index (χ3v) is 1.78. The zero-order chi connectivity index (χ0) is 12.0. The highest BCUT2D eigenvalue weighted by Crippen LogP contribution is 2.09. The fraction of sp³-hybridized carbons (Fsp3) is 0.444. The Kier molecular flexibility index (Phi) is 4.43. The number of carbonyl (C=O) groups excluding carboxylic acids is 1. The highest BCUT2D eigenvalue weighted by atomic mass is 19.1. The number of nitrogens with zero attached hydrogens (tertiary/aromatic N) is 2. The molecular weight excluding hydrogens is 213 g/mol. The summed E-state index contributed by atoms with van der Waals surface area (Å²) in [6, 6.07) is 0. The summed E-state index contributed by atoms with van der Waals surface area (Å²) in [5.74, 6) is -0.693. The first-order valence-corrected chi connectivity index (χ1v) is 4.92. The molecule has 1 heterocycles. The fourth-order valence-electron chi connectivity index (χ4n) is 1.08. The van der Waals surface area contributed by atoms with Gasteiger partial charge in [-0.15, -0.1) is 0 Å². The molecule has 1 aromatic heterocycles. The lowest BCUT2D eigenvalue weighted by Crippen LogP contribution is -2.25. The van der Waals surface area contributed by atoms with Gasteiger partial charge in [0.2, 0.25) is 11.9 Å². The summed E-state index contributed by atoms with van der Waals surface area (Å²) in [6.07, 6.45) is 1.23. The van der Waals surface area contributed by atoms with Crippen molar-refractivity contribution in [3.05, 3.63) is 12.0 Å². The molecule has 0 spiro atoms. The first kappa shape index (κ1) is 12.2. The molecule has 1 aromatic rings. The average molecular weight is 227 g/mol. The van der Waals surface area contributed by atoms with Gasteiger partial charge in [-0.1, -0.05) is 0 Å². The smallest absolute Gasteiger partial charge is 0.222 e. The second kappa shape index (κ2) is 5.84. The molecule has 16 heavy (non-hydrogen) atoms. The summed E-state index contributed by atoms with van der Waals surface area (Å²) in [7, 11) is 0. The van der Waals surface area contributed by atoms with Gasteiger partial charge in [-0.05, 0) is 6.92 Å². The molecule has 0 aliphatic carbocycles. The van der Waals surface area contributed by atoms with Crippen molar-refractivity contribution >= 4 is 17.7 Å². The number of hydrogen-bond acceptors (Lipinski definition) is 5. The molecule has 0 atom stereocenters. The van der Waals surface area contributed by atoms with Gasteiger partial charge in [-0.25, -0.2) is 9.37 Å². The van der Waals surface area contributed by atoms with E-state index in [4.69, 9.17) is 5.73 Å². The molecule has 0 unspecified atom stereocenters. The molecule has 0 fully saturated rings. The van der Waals surface area contributed by atoms with Crippen molar-refractivity contribution in [1.82, 2.24) is 15.3 Å². The standard InChI is InChI=1S/C9H14FN5O/c1-2-12-7(16)3-4-13-8-6(10)5-14-9(11)15-8/h5H,2-4H2,1H3,(H,12,16)(H3,11,13,14,15). The molecule has 4 N–H and O–H groups in total. The molecule has 0 aromatic carbocycles. The number of rotatable bonds is 5. The number of anilines is 2. The van der Waals surface area contributed by atoms with Gasteiger partial charge in [0.25, 0.3) is 0 Å². The Morgan fingerprint density at radius 3 is 3.06 bits per heavy atom. The number of aromatic nitrogens is 2. The third-order valence-electron chi connectivity index (χ3n) is 1.78. The van der Waals surface area contributed by atoms with E-state index in [2.05, 4.69) is 20.6 Å². The number of nitrogen functional groups attached to an aromatic ring is 1. The van der Waals surface area contributed by atoms with E-state index < -0.39 is 5.82 Å². The van der Waals surface area contributed by atoms with E-state index in [9.17, 15) is 9.18 Å². The first-order chi connectivity index (χ1) is 7.63. The highest BCUT2D eigenvalue weighted by molar-refractivity contribution is 5.76. The van der Waals surface area contributed by atoms with Crippen molar-refractivity contribution in [3.63, 3.8) is 0 Å². The van der Waals surface area contributed by atoms with Gasteiger partial charge < -0.3 is 16.4 Å². The van der Waals surface area contributed by atoms with Crippen LogP contribution in [0.25, 0.3) is 0 Å². The average Bonchev–Trinajstić information content (AvgIpc) is 2.23. The molecular formula is C9H14FN5O. The second-order valence-electron chi connectivity index (χ2n) is 3.06. The Morgan fingerprint density at radius 1 is 1.62 bits per heavy atom. The van der Waals surface area contributed by atoms with Crippen molar-refractivity contribution < 1.29 is 9.18 Å². The van der Waals surface area contributed by atoms with Gasteiger partial charge >= 0.3 is 0 Å². The monoisotopic (exact) mass is 227 g/mol. The van der Waals surface area contributed by atoms with E-state index in [1.165, 1.54) is 0 Å². The maximum atomic E-state index is 13.1. The van der Waals surface area contributed by atoms with Crippen LogP contribution in [0, 0.1) is 5.82 Å². The van der Waals surface area contributed by atoms with E-state index in [1.54, 1.807) is 0 Å². The largest absolute Gasteiger partial charge is 0.368 e. The molecule has 0 aliphatic heterocycles. The Hall–Kier alpha value is -1.92. The predicted molar refractivity (Wildman–Crippen MR) is 58.2 cm³/mol. The van der Waals surface area contributed by atoms with Crippen LogP contribution in [0.2, 0.25) is 0 Å². The van der Waals surface area contributed by atoms with Gasteiger partial charge in [0.1, 0.15) is 0 Å². The quantitative estimate of drug-likeness (QED) is 0.665. The molecule has 0 saturated heterocycles. The van der Waals surface area contributed by atoms with E-state index in [0.29, 0.717) is 13.1 Å². The number of nitrogens with one attached hydrogen (secondary N) is 2. The lowest BCUT2D eigenvalue weighted by molar-refractivity contribution is -0.120. The Balaban J connectivity index is 2.42. The predicted octanol–water partition coefficient (Wildman–Crippen LogP) is 0.136. The van der Waals surface area contributed by atoms with Gasteiger partial charge in [0, 0.05) is 19.5 Å². The maximum absolute atomic E-state index is 13.1. The van der Waals surface area contributed by atoms with E-state index in [0.717, 1.165) is 6.20 Å².